The van der Waals surface area contributed by atoms with E-state index in [0.29, 0.717) is 0 Å². The molecule has 3 N–H and O–H groups in total. The molecule has 0 aromatic rings. The fourth-order valence-corrected chi connectivity index (χ4v) is 2.36. The minimum atomic E-state index is -1.16. The quantitative estimate of drug-likeness (QED) is 0.393. The number of carboxylic acids is 1. The number of aliphatic carboxylic acids is 1. The van der Waals surface area contributed by atoms with Gasteiger partial charge in [0.25, 0.3) is 0 Å². The van der Waals surface area contributed by atoms with E-state index in [1.165, 1.54) is 46.7 Å². The maximum absolute atomic E-state index is 12.6. The molecule has 5 unspecified atom stereocenters. The second-order valence-electron chi connectivity index (χ2n) is 7.69. The molecule has 0 bridgehead atoms. The molecular weight excluding hydrogens is 394 g/mol. The molecule has 0 aliphatic rings. The summed E-state index contributed by atoms with van der Waals surface area (Å²) in [7, 11) is 6.25. The standard InChI is InChI=1S/C19H35N5O6/c1-10(20-15(25)12(3)22(6)7)17(27)23(8)13(4)16(26)21-11(2)18(28)24(9)14(5)19(29)30/h10-14H,1-9H3,(H,20,25)(H,21,26)(H,29,30). The Kier molecular flexibility index (Phi) is 10.5. The van der Waals surface area contributed by atoms with Crippen molar-refractivity contribution in [3.8, 4) is 0 Å². The first-order chi connectivity index (χ1) is 13.6. The van der Waals surface area contributed by atoms with Crippen molar-refractivity contribution in [3.05, 3.63) is 0 Å². The summed E-state index contributed by atoms with van der Waals surface area (Å²) in [6.07, 6.45) is 0. The first-order valence-corrected chi connectivity index (χ1v) is 9.66. The second kappa shape index (κ2) is 11.5. The lowest BCUT2D eigenvalue weighted by molar-refractivity contribution is -0.149. The van der Waals surface area contributed by atoms with E-state index in [-0.39, 0.29) is 5.91 Å². The summed E-state index contributed by atoms with van der Waals surface area (Å²) in [5, 5.41) is 14.1. The lowest BCUT2D eigenvalue weighted by Crippen LogP contribution is -2.56. The number of likely N-dealkylation sites (N-methyl/N-ethyl adjacent to an activating group) is 3. The molecule has 0 aliphatic carbocycles. The molecule has 172 valence electrons. The predicted octanol–water partition coefficient (Wildman–Crippen LogP) is -1.28. The summed E-state index contributed by atoms with van der Waals surface area (Å²) >= 11 is 0. The van der Waals surface area contributed by atoms with Gasteiger partial charge in [0.1, 0.15) is 24.2 Å². The highest BCUT2D eigenvalue weighted by Gasteiger charge is 2.31. The minimum absolute atomic E-state index is 0.318. The zero-order valence-corrected chi connectivity index (χ0v) is 19.2. The first kappa shape index (κ1) is 27.3. The fraction of sp³-hybridized carbons (Fsp3) is 0.737. The van der Waals surface area contributed by atoms with Gasteiger partial charge < -0.3 is 25.5 Å². The van der Waals surface area contributed by atoms with Crippen molar-refractivity contribution < 1.29 is 29.1 Å². The van der Waals surface area contributed by atoms with Crippen LogP contribution in [0.1, 0.15) is 34.6 Å². The molecule has 0 aromatic heterocycles. The fourth-order valence-electron chi connectivity index (χ4n) is 2.36. The molecule has 4 amide bonds. The maximum Gasteiger partial charge on any atom is 0.326 e. The van der Waals surface area contributed by atoms with Crippen LogP contribution in [0.2, 0.25) is 0 Å². The Morgan fingerprint density at radius 1 is 0.633 bits per heavy atom. The van der Waals surface area contributed by atoms with Gasteiger partial charge in [-0.2, -0.15) is 0 Å². The van der Waals surface area contributed by atoms with E-state index in [0.717, 1.165) is 4.90 Å². The average Bonchev–Trinajstić information content (AvgIpc) is 2.68. The molecule has 0 saturated heterocycles. The number of rotatable bonds is 10. The van der Waals surface area contributed by atoms with Crippen molar-refractivity contribution in [2.45, 2.75) is 64.8 Å². The molecular formula is C19H35N5O6. The molecule has 0 aliphatic heterocycles. The van der Waals surface area contributed by atoms with Crippen LogP contribution in [0.25, 0.3) is 0 Å². The van der Waals surface area contributed by atoms with Gasteiger partial charge in [-0.25, -0.2) is 4.79 Å². The Morgan fingerprint density at radius 2 is 0.967 bits per heavy atom. The third-order valence-corrected chi connectivity index (χ3v) is 5.21. The van der Waals surface area contributed by atoms with E-state index in [4.69, 9.17) is 5.11 Å². The van der Waals surface area contributed by atoms with E-state index in [9.17, 15) is 24.0 Å². The molecule has 30 heavy (non-hydrogen) atoms. The van der Waals surface area contributed by atoms with Crippen LogP contribution < -0.4 is 10.6 Å². The molecule has 11 nitrogen and oxygen atoms in total. The van der Waals surface area contributed by atoms with E-state index in [2.05, 4.69) is 10.6 Å². The number of amides is 4. The second-order valence-corrected chi connectivity index (χ2v) is 7.69. The molecule has 0 fully saturated rings. The molecule has 11 heteroatoms. The van der Waals surface area contributed by atoms with Crippen molar-refractivity contribution in [2.75, 3.05) is 28.2 Å². The molecule has 0 heterocycles. The number of carbonyl (C=O) groups excluding carboxylic acids is 4. The Morgan fingerprint density at radius 3 is 1.30 bits per heavy atom. The van der Waals surface area contributed by atoms with Crippen LogP contribution >= 0.6 is 0 Å². The SMILES string of the molecule is CC(NC(=O)C(C)N(C)C(=O)C(C)NC(=O)C(C)N(C)C)C(=O)N(C)C(C)C(=O)O. The predicted molar refractivity (Wildman–Crippen MR) is 110 cm³/mol. The number of carbonyl (C=O) groups is 5. The van der Waals surface area contributed by atoms with E-state index >= 15 is 0 Å². The lowest BCUT2D eigenvalue weighted by Gasteiger charge is -2.30. The molecule has 5 atom stereocenters. The van der Waals surface area contributed by atoms with Crippen LogP contribution in [0.5, 0.6) is 0 Å². The summed E-state index contributed by atoms with van der Waals surface area (Å²) in [4.78, 5) is 64.4. The number of carboxylic acid groups (broad SMARTS) is 1. The van der Waals surface area contributed by atoms with Crippen molar-refractivity contribution in [3.63, 3.8) is 0 Å². The van der Waals surface area contributed by atoms with Crippen molar-refractivity contribution >= 4 is 29.6 Å². The minimum Gasteiger partial charge on any atom is -0.480 e. The highest BCUT2D eigenvalue weighted by molar-refractivity contribution is 5.94. The molecule has 0 radical (unpaired) electrons. The van der Waals surface area contributed by atoms with Crippen LogP contribution in [0, 0.1) is 0 Å². The molecule has 0 saturated carbocycles. The van der Waals surface area contributed by atoms with Crippen LogP contribution in [-0.4, -0.2) is 108 Å². The van der Waals surface area contributed by atoms with E-state index < -0.39 is 53.9 Å². The third-order valence-electron chi connectivity index (χ3n) is 5.21. The summed E-state index contributed by atoms with van der Waals surface area (Å²) < 4.78 is 0. The first-order valence-electron chi connectivity index (χ1n) is 9.66. The van der Waals surface area contributed by atoms with Gasteiger partial charge in [-0.1, -0.05) is 0 Å². The summed E-state index contributed by atoms with van der Waals surface area (Å²) in [6, 6.07) is -4.22. The summed E-state index contributed by atoms with van der Waals surface area (Å²) in [5.74, 6) is -3.10. The van der Waals surface area contributed by atoms with Gasteiger partial charge in [0.05, 0.1) is 6.04 Å². The van der Waals surface area contributed by atoms with Gasteiger partial charge in [0, 0.05) is 14.1 Å². The largest absolute Gasteiger partial charge is 0.480 e. The van der Waals surface area contributed by atoms with Crippen molar-refractivity contribution in [2.24, 2.45) is 0 Å². The van der Waals surface area contributed by atoms with Crippen LogP contribution in [0.4, 0.5) is 0 Å². The average molecular weight is 430 g/mol. The van der Waals surface area contributed by atoms with E-state index in [1.54, 1.807) is 25.9 Å². The zero-order valence-electron chi connectivity index (χ0n) is 19.2. The normalized spacial score (nSPS) is 15.9. The lowest BCUT2D eigenvalue weighted by atomic mass is 10.2. The van der Waals surface area contributed by atoms with Gasteiger partial charge >= 0.3 is 5.97 Å². The summed E-state index contributed by atoms with van der Waals surface area (Å²) in [6.45, 7) is 7.51. The Hall–Kier alpha value is -2.69. The smallest absolute Gasteiger partial charge is 0.326 e. The Balaban J connectivity index is 4.96. The monoisotopic (exact) mass is 429 g/mol. The molecule has 0 aromatic carbocycles. The van der Waals surface area contributed by atoms with Gasteiger partial charge in [-0.3, -0.25) is 24.1 Å². The summed E-state index contributed by atoms with van der Waals surface area (Å²) in [5.41, 5.74) is 0. The number of nitrogens with zero attached hydrogens (tertiary/aromatic N) is 3. The van der Waals surface area contributed by atoms with Gasteiger partial charge in [0.2, 0.25) is 23.6 Å². The van der Waals surface area contributed by atoms with Crippen molar-refractivity contribution in [1.29, 1.82) is 0 Å². The third kappa shape index (κ3) is 7.29. The number of hydrogen-bond donors (Lipinski definition) is 3. The highest BCUT2D eigenvalue weighted by atomic mass is 16.4. The Bertz CT molecular complexity index is 668. The van der Waals surface area contributed by atoms with Gasteiger partial charge in [-0.05, 0) is 48.7 Å². The van der Waals surface area contributed by atoms with Gasteiger partial charge in [-0.15, -0.1) is 0 Å². The Labute approximate surface area is 177 Å². The number of nitrogens with one attached hydrogen (secondary N) is 2. The number of hydrogen-bond acceptors (Lipinski definition) is 6. The molecule has 0 spiro atoms. The van der Waals surface area contributed by atoms with Gasteiger partial charge in [0.15, 0.2) is 0 Å². The van der Waals surface area contributed by atoms with Crippen molar-refractivity contribution in [1.82, 2.24) is 25.3 Å². The van der Waals surface area contributed by atoms with Crippen LogP contribution in [0.3, 0.4) is 0 Å². The van der Waals surface area contributed by atoms with Crippen LogP contribution in [-0.2, 0) is 24.0 Å². The molecule has 0 rings (SSSR count). The maximum atomic E-state index is 12.6. The highest BCUT2D eigenvalue weighted by Crippen LogP contribution is 2.04. The van der Waals surface area contributed by atoms with E-state index in [1.807, 2.05) is 0 Å². The van der Waals surface area contributed by atoms with Crippen LogP contribution in [0.15, 0.2) is 0 Å². The topological polar surface area (TPSA) is 139 Å². The zero-order chi connectivity index (χ0) is 23.9.